The molecule has 0 bridgehead atoms. The van der Waals surface area contributed by atoms with Gasteiger partial charge in [0.05, 0.1) is 17.3 Å². The SMILES string of the molecule is NC[C@@H](C=O)NCc1cc(C(N)=O)nc(-c2ccc(Oc3ccc(C(F)(F)F)cc3)cc2)n1. The summed E-state index contributed by atoms with van der Waals surface area (Å²) in [4.78, 5) is 31.2. The fourth-order valence-corrected chi connectivity index (χ4v) is 2.79. The molecule has 0 aliphatic rings. The van der Waals surface area contributed by atoms with Gasteiger partial charge in [0.1, 0.15) is 23.5 Å². The quantitative estimate of drug-likeness (QED) is 0.419. The maximum Gasteiger partial charge on any atom is 0.416 e. The maximum absolute atomic E-state index is 12.7. The van der Waals surface area contributed by atoms with Crippen molar-refractivity contribution in [2.45, 2.75) is 18.8 Å². The van der Waals surface area contributed by atoms with Gasteiger partial charge >= 0.3 is 6.18 Å². The molecule has 8 nitrogen and oxygen atoms in total. The van der Waals surface area contributed by atoms with Gasteiger partial charge in [-0.25, -0.2) is 9.97 Å². The predicted molar refractivity (Wildman–Crippen MR) is 113 cm³/mol. The van der Waals surface area contributed by atoms with E-state index in [-0.39, 0.29) is 30.4 Å². The third kappa shape index (κ3) is 6.34. The van der Waals surface area contributed by atoms with Gasteiger partial charge in [-0.1, -0.05) is 0 Å². The smallest absolute Gasteiger partial charge is 0.416 e. The van der Waals surface area contributed by atoms with Crippen LogP contribution in [0.5, 0.6) is 11.5 Å². The normalized spacial score (nSPS) is 12.2. The molecule has 33 heavy (non-hydrogen) atoms. The molecule has 5 N–H and O–H groups in total. The van der Waals surface area contributed by atoms with Crippen molar-refractivity contribution in [2.24, 2.45) is 11.5 Å². The summed E-state index contributed by atoms with van der Waals surface area (Å²) in [5, 5.41) is 2.90. The zero-order valence-corrected chi connectivity index (χ0v) is 17.2. The predicted octanol–water partition coefficient (Wildman–Crippen LogP) is 2.67. The Morgan fingerprint density at radius 1 is 1.06 bits per heavy atom. The van der Waals surface area contributed by atoms with Gasteiger partial charge in [-0.05, 0) is 54.6 Å². The van der Waals surface area contributed by atoms with Crippen molar-refractivity contribution in [3.8, 4) is 22.9 Å². The standard InChI is InChI=1S/C22H20F3N5O3/c23-22(24,25)14-3-7-18(8-4-14)33-17-5-1-13(2-6-17)21-29-15(9-19(30-21)20(27)32)11-28-16(10-26)12-31/h1-9,12,16,28H,10-11,26H2,(H2,27,32)/t16-/m0/s1. The van der Waals surface area contributed by atoms with Gasteiger partial charge in [0.2, 0.25) is 0 Å². The highest BCUT2D eigenvalue weighted by molar-refractivity contribution is 5.91. The highest BCUT2D eigenvalue weighted by Gasteiger charge is 2.30. The van der Waals surface area contributed by atoms with Crippen LogP contribution < -0.4 is 21.5 Å². The van der Waals surface area contributed by atoms with E-state index >= 15 is 0 Å². The number of carbonyl (C=O) groups excluding carboxylic acids is 2. The van der Waals surface area contributed by atoms with E-state index in [0.717, 1.165) is 12.1 Å². The molecule has 2 aromatic carbocycles. The van der Waals surface area contributed by atoms with Gasteiger partial charge in [0, 0.05) is 18.7 Å². The van der Waals surface area contributed by atoms with Crippen molar-refractivity contribution in [3.05, 3.63) is 71.5 Å². The first kappa shape index (κ1) is 23.8. The number of carbonyl (C=O) groups is 2. The number of nitrogens with zero attached hydrogens (tertiary/aromatic N) is 2. The fourth-order valence-electron chi connectivity index (χ4n) is 2.79. The number of alkyl halides is 3. The monoisotopic (exact) mass is 459 g/mol. The number of primary amides is 1. The Morgan fingerprint density at radius 3 is 2.18 bits per heavy atom. The summed E-state index contributed by atoms with van der Waals surface area (Å²) in [6, 6.07) is 11.6. The zero-order chi connectivity index (χ0) is 24.0. The third-order valence-corrected chi connectivity index (χ3v) is 4.53. The van der Waals surface area contributed by atoms with E-state index in [1.54, 1.807) is 24.3 Å². The Morgan fingerprint density at radius 2 is 1.67 bits per heavy atom. The van der Waals surface area contributed by atoms with Crippen LogP contribution in [0.4, 0.5) is 13.2 Å². The van der Waals surface area contributed by atoms with Crippen LogP contribution >= 0.6 is 0 Å². The number of hydrogen-bond acceptors (Lipinski definition) is 7. The van der Waals surface area contributed by atoms with Crippen LogP contribution in [0.3, 0.4) is 0 Å². The van der Waals surface area contributed by atoms with Crippen molar-refractivity contribution in [1.82, 2.24) is 15.3 Å². The second-order valence-corrected chi connectivity index (χ2v) is 6.94. The lowest BCUT2D eigenvalue weighted by atomic mass is 10.2. The van der Waals surface area contributed by atoms with Gasteiger partial charge < -0.3 is 26.3 Å². The molecular weight excluding hydrogens is 439 g/mol. The van der Waals surface area contributed by atoms with E-state index in [1.165, 1.54) is 18.2 Å². The number of nitrogens with one attached hydrogen (secondary N) is 1. The van der Waals surface area contributed by atoms with Gasteiger partial charge in [-0.2, -0.15) is 13.2 Å². The number of aldehydes is 1. The average molecular weight is 459 g/mol. The summed E-state index contributed by atoms with van der Waals surface area (Å²) in [5.74, 6) is 0.0939. The molecule has 0 saturated carbocycles. The lowest BCUT2D eigenvalue weighted by Gasteiger charge is -2.12. The van der Waals surface area contributed by atoms with Crippen molar-refractivity contribution < 1.29 is 27.5 Å². The largest absolute Gasteiger partial charge is 0.457 e. The highest BCUT2D eigenvalue weighted by Crippen LogP contribution is 2.31. The summed E-state index contributed by atoms with van der Waals surface area (Å²) in [5.41, 5.74) is 11.1. The molecule has 0 aliphatic carbocycles. The molecule has 0 spiro atoms. The molecule has 1 heterocycles. The van der Waals surface area contributed by atoms with Crippen molar-refractivity contribution in [3.63, 3.8) is 0 Å². The number of ether oxygens (including phenoxy) is 1. The Labute approximate surface area is 186 Å². The van der Waals surface area contributed by atoms with E-state index in [1.807, 2.05) is 0 Å². The molecule has 3 rings (SSSR count). The summed E-state index contributed by atoms with van der Waals surface area (Å²) in [6.07, 6.45) is -3.75. The first-order chi connectivity index (χ1) is 15.7. The Bertz CT molecular complexity index is 1120. The van der Waals surface area contributed by atoms with E-state index < -0.39 is 23.7 Å². The van der Waals surface area contributed by atoms with Gasteiger partial charge in [0.25, 0.3) is 5.91 Å². The number of aromatic nitrogens is 2. The molecule has 0 fully saturated rings. The Hall–Kier alpha value is -3.83. The average Bonchev–Trinajstić information content (AvgIpc) is 2.80. The van der Waals surface area contributed by atoms with Gasteiger partial charge in [0.15, 0.2) is 5.82 Å². The van der Waals surface area contributed by atoms with Crippen molar-refractivity contribution in [2.75, 3.05) is 6.54 Å². The number of halogens is 3. The Kier molecular flexibility index (Phi) is 7.36. The van der Waals surface area contributed by atoms with Crippen molar-refractivity contribution in [1.29, 1.82) is 0 Å². The van der Waals surface area contributed by atoms with Crippen LogP contribution in [0.2, 0.25) is 0 Å². The summed E-state index contributed by atoms with van der Waals surface area (Å²) in [6.45, 7) is 0.260. The summed E-state index contributed by atoms with van der Waals surface area (Å²) >= 11 is 0. The second kappa shape index (κ2) is 10.2. The minimum absolute atomic E-state index is 0.00252. The van der Waals surface area contributed by atoms with Gasteiger partial charge in [-0.3, -0.25) is 4.79 Å². The molecule has 1 atom stereocenters. The van der Waals surface area contributed by atoms with Crippen LogP contribution in [0.25, 0.3) is 11.4 Å². The third-order valence-electron chi connectivity index (χ3n) is 4.53. The highest BCUT2D eigenvalue weighted by atomic mass is 19.4. The van der Waals surface area contributed by atoms with Crippen LogP contribution in [0, 0.1) is 0 Å². The molecule has 0 unspecified atom stereocenters. The number of rotatable bonds is 9. The number of hydrogen-bond donors (Lipinski definition) is 3. The molecule has 0 saturated heterocycles. The first-order valence-corrected chi connectivity index (χ1v) is 9.71. The molecule has 1 amide bonds. The van der Waals surface area contributed by atoms with Gasteiger partial charge in [-0.15, -0.1) is 0 Å². The van der Waals surface area contributed by atoms with E-state index in [4.69, 9.17) is 16.2 Å². The lowest BCUT2D eigenvalue weighted by molar-refractivity contribution is -0.137. The molecule has 0 aliphatic heterocycles. The first-order valence-electron chi connectivity index (χ1n) is 9.71. The number of nitrogens with two attached hydrogens (primary N) is 2. The number of amides is 1. The fraction of sp³-hybridized carbons (Fsp3) is 0.182. The Balaban J connectivity index is 1.79. The lowest BCUT2D eigenvalue weighted by Crippen LogP contribution is -2.37. The van der Waals surface area contributed by atoms with Crippen LogP contribution in [-0.4, -0.2) is 34.7 Å². The molecule has 0 radical (unpaired) electrons. The molecule has 172 valence electrons. The zero-order valence-electron chi connectivity index (χ0n) is 17.2. The van der Waals surface area contributed by atoms with Crippen LogP contribution in [0.15, 0.2) is 54.6 Å². The van der Waals surface area contributed by atoms with E-state index in [2.05, 4.69) is 15.3 Å². The minimum atomic E-state index is -4.42. The second-order valence-electron chi connectivity index (χ2n) is 6.94. The summed E-state index contributed by atoms with van der Waals surface area (Å²) < 4.78 is 43.6. The van der Waals surface area contributed by atoms with Crippen molar-refractivity contribution >= 4 is 12.2 Å². The van der Waals surface area contributed by atoms with E-state index in [0.29, 0.717) is 23.3 Å². The topological polar surface area (TPSA) is 133 Å². The van der Waals surface area contributed by atoms with Crippen LogP contribution in [-0.2, 0) is 17.5 Å². The van der Waals surface area contributed by atoms with Crippen LogP contribution in [0.1, 0.15) is 21.7 Å². The molecule has 1 aromatic heterocycles. The number of benzene rings is 2. The molecule has 11 heteroatoms. The van der Waals surface area contributed by atoms with E-state index in [9.17, 15) is 22.8 Å². The summed E-state index contributed by atoms with van der Waals surface area (Å²) in [7, 11) is 0. The minimum Gasteiger partial charge on any atom is -0.457 e. The molecule has 3 aromatic rings. The maximum atomic E-state index is 12.7. The molecular formula is C22H20F3N5O3.